The van der Waals surface area contributed by atoms with Crippen molar-refractivity contribution in [2.24, 2.45) is 0 Å². The highest BCUT2D eigenvalue weighted by Gasteiger charge is 2.16. The van der Waals surface area contributed by atoms with Crippen LogP contribution in [-0.2, 0) is 4.74 Å². The summed E-state index contributed by atoms with van der Waals surface area (Å²) in [5.41, 5.74) is 1.28. The van der Waals surface area contributed by atoms with Crippen LogP contribution in [0.2, 0.25) is 0 Å². The molecular formula is C10H12BrNO. The van der Waals surface area contributed by atoms with E-state index in [1.807, 2.05) is 6.07 Å². The summed E-state index contributed by atoms with van der Waals surface area (Å²) in [6, 6.07) is 8.60. The van der Waals surface area contributed by atoms with E-state index in [0.29, 0.717) is 6.04 Å². The van der Waals surface area contributed by atoms with Gasteiger partial charge in [0.05, 0.1) is 19.3 Å². The fourth-order valence-corrected chi connectivity index (χ4v) is 2.08. The summed E-state index contributed by atoms with van der Waals surface area (Å²) in [4.78, 5) is 0. The number of benzene rings is 1. The van der Waals surface area contributed by atoms with Gasteiger partial charge < -0.3 is 10.1 Å². The fourth-order valence-electron chi connectivity index (χ4n) is 1.52. The van der Waals surface area contributed by atoms with Gasteiger partial charge in [-0.3, -0.25) is 0 Å². The maximum Gasteiger partial charge on any atom is 0.0662 e. The highest BCUT2D eigenvalue weighted by Crippen LogP contribution is 2.24. The van der Waals surface area contributed by atoms with Crippen LogP contribution in [0, 0.1) is 0 Å². The zero-order valence-electron chi connectivity index (χ0n) is 7.29. The molecule has 1 atom stereocenters. The van der Waals surface area contributed by atoms with Crippen molar-refractivity contribution in [3.63, 3.8) is 0 Å². The summed E-state index contributed by atoms with van der Waals surface area (Å²) in [5, 5.41) is 3.42. The van der Waals surface area contributed by atoms with E-state index in [4.69, 9.17) is 4.74 Å². The zero-order valence-corrected chi connectivity index (χ0v) is 8.88. The molecule has 0 aromatic heterocycles. The molecule has 1 fully saturated rings. The fraction of sp³-hybridized carbons (Fsp3) is 0.400. The maximum atomic E-state index is 5.41. The van der Waals surface area contributed by atoms with Crippen LogP contribution in [0.15, 0.2) is 28.7 Å². The van der Waals surface area contributed by atoms with Crippen LogP contribution in [-0.4, -0.2) is 19.8 Å². The van der Waals surface area contributed by atoms with Gasteiger partial charge in [-0.15, -0.1) is 0 Å². The Morgan fingerprint density at radius 1 is 1.38 bits per heavy atom. The third kappa shape index (κ3) is 2.10. The molecule has 1 N–H and O–H groups in total. The van der Waals surface area contributed by atoms with E-state index in [-0.39, 0.29) is 0 Å². The van der Waals surface area contributed by atoms with Crippen molar-refractivity contribution in [3.8, 4) is 0 Å². The van der Waals surface area contributed by atoms with Gasteiger partial charge in [0.1, 0.15) is 0 Å². The van der Waals surface area contributed by atoms with Crippen LogP contribution in [0.1, 0.15) is 11.6 Å². The highest BCUT2D eigenvalue weighted by atomic mass is 79.9. The lowest BCUT2D eigenvalue weighted by Crippen LogP contribution is -2.34. The van der Waals surface area contributed by atoms with E-state index in [9.17, 15) is 0 Å². The van der Waals surface area contributed by atoms with Gasteiger partial charge in [0.2, 0.25) is 0 Å². The lowest BCUT2D eigenvalue weighted by molar-refractivity contribution is 0.0767. The van der Waals surface area contributed by atoms with E-state index in [1.54, 1.807) is 0 Å². The summed E-state index contributed by atoms with van der Waals surface area (Å²) < 4.78 is 6.56. The Labute approximate surface area is 86.4 Å². The van der Waals surface area contributed by atoms with Crippen LogP contribution < -0.4 is 5.32 Å². The average molecular weight is 242 g/mol. The third-order valence-electron chi connectivity index (χ3n) is 2.20. The van der Waals surface area contributed by atoms with Gasteiger partial charge in [0, 0.05) is 11.0 Å². The molecular weight excluding hydrogens is 230 g/mol. The lowest BCUT2D eigenvalue weighted by Gasteiger charge is -2.24. The average Bonchev–Trinajstić information content (AvgIpc) is 2.20. The Balaban J connectivity index is 2.18. The van der Waals surface area contributed by atoms with Crippen LogP contribution >= 0.6 is 15.9 Å². The molecule has 70 valence electrons. The van der Waals surface area contributed by atoms with Gasteiger partial charge >= 0.3 is 0 Å². The van der Waals surface area contributed by atoms with E-state index < -0.39 is 0 Å². The van der Waals surface area contributed by atoms with Crippen LogP contribution in [0.3, 0.4) is 0 Å². The van der Waals surface area contributed by atoms with Gasteiger partial charge in [-0.25, -0.2) is 0 Å². The minimum Gasteiger partial charge on any atom is -0.378 e. The van der Waals surface area contributed by atoms with E-state index >= 15 is 0 Å². The van der Waals surface area contributed by atoms with E-state index in [1.165, 1.54) is 5.56 Å². The normalized spacial score (nSPS) is 23.0. The number of morpholine rings is 1. The minimum absolute atomic E-state index is 0.337. The van der Waals surface area contributed by atoms with Crippen molar-refractivity contribution < 1.29 is 4.74 Å². The van der Waals surface area contributed by atoms with E-state index in [2.05, 4.69) is 39.4 Å². The lowest BCUT2D eigenvalue weighted by atomic mass is 10.1. The summed E-state index contributed by atoms with van der Waals surface area (Å²) in [7, 11) is 0. The Kier molecular flexibility index (Phi) is 2.98. The second-order valence-electron chi connectivity index (χ2n) is 3.10. The summed E-state index contributed by atoms with van der Waals surface area (Å²) in [6.45, 7) is 2.52. The number of halogens is 1. The molecule has 2 nitrogen and oxygen atoms in total. The maximum absolute atomic E-state index is 5.41. The summed E-state index contributed by atoms with van der Waals surface area (Å²) in [5.74, 6) is 0. The quantitative estimate of drug-likeness (QED) is 0.814. The molecule has 0 saturated carbocycles. The van der Waals surface area contributed by atoms with Crippen molar-refractivity contribution in [2.75, 3.05) is 19.8 Å². The zero-order chi connectivity index (χ0) is 9.10. The number of nitrogens with one attached hydrogen (secondary N) is 1. The first-order chi connectivity index (χ1) is 6.38. The molecule has 1 saturated heterocycles. The van der Waals surface area contributed by atoms with Crippen molar-refractivity contribution in [1.29, 1.82) is 0 Å². The topological polar surface area (TPSA) is 21.3 Å². The number of hydrogen-bond donors (Lipinski definition) is 1. The highest BCUT2D eigenvalue weighted by molar-refractivity contribution is 9.10. The summed E-state index contributed by atoms with van der Waals surface area (Å²) >= 11 is 3.54. The molecule has 0 radical (unpaired) electrons. The second kappa shape index (κ2) is 4.22. The molecule has 0 aliphatic carbocycles. The predicted molar refractivity (Wildman–Crippen MR) is 55.7 cm³/mol. The van der Waals surface area contributed by atoms with Gasteiger partial charge in [-0.1, -0.05) is 34.1 Å². The van der Waals surface area contributed by atoms with E-state index in [0.717, 1.165) is 24.2 Å². The number of hydrogen-bond acceptors (Lipinski definition) is 2. The van der Waals surface area contributed by atoms with Gasteiger partial charge in [0.25, 0.3) is 0 Å². The standard InChI is InChI=1S/C10H12BrNO/c11-9-4-2-1-3-8(9)10-7-13-6-5-12-10/h1-4,10,12H,5-7H2/t10-/m1/s1. The molecule has 1 heterocycles. The molecule has 1 aliphatic heterocycles. The largest absolute Gasteiger partial charge is 0.378 e. The molecule has 13 heavy (non-hydrogen) atoms. The molecule has 1 aliphatic rings. The molecule has 1 aromatic rings. The summed E-state index contributed by atoms with van der Waals surface area (Å²) in [6.07, 6.45) is 0. The third-order valence-corrected chi connectivity index (χ3v) is 2.92. The first-order valence-electron chi connectivity index (χ1n) is 4.43. The first kappa shape index (κ1) is 9.19. The number of ether oxygens (including phenoxy) is 1. The van der Waals surface area contributed by atoms with Crippen molar-refractivity contribution >= 4 is 15.9 Å². The molecule has 1 aromatic carbocycles. The molecule has 0 bridgehead atoms. The van der Waals surface area contributed by atoms with Crippen LogP contribution in [0.25, 0.3) is 0 Å². The van der Waals surface area contributed by atoms with Gasteiger partial charge in [-0.2, -0.15) is 0 Å². The smallest absolute Gasteiger partial charge is 0.0662 e. The monoisotopic (exact) mass is 241 g/mol. The Morgan fingerprint density at radius 2 is 2.23 bits per heavy atom. The number of rotatable bonds is 1. The SMILES string of the molecule is Brc1ccccc1[C@H]1COCCN1. The van der Waals surface area contributed by atoms with Crippen LogP contribution in [0.4, 0.5) is 0 Å². The Hall–Kier alpha value is -0.380. The molecule has 3 heteroatoms. The van der Waals surface area contributed by atoms with Crippen molar-refractivity contribution in [1.82, 2.24) is 5.32 Å². The molecule has 2 rings (SSSR count). The minimum atomic E-state index is 0.337. The first-order valence-corrected chi connectivity index (χ1v) is 5.23. The van der Waals surface area contributed by atoms with Gasteiger partial charge in [0.15, 0.2) is 0 Å². The molecule has 0 spiro atoms. The van der Waals surface area contributed by atoms with Crippen molar-refractivity contribution in [3.05, 3.63) is 34.3 Å². The molecule has 0 amide bonds. The van der Waals surface area contributed by atoms with Crippen LogP contribution in [0.5, 0.6) is 0 Å². The second-order valence-corrected chi connectivity index (χ2v) is 3.96. The van der Waals surface area contributed by atoms with Crippen molar-refractivity contribution in [2.45, 2.75) is 6.04 Å². The Bertz CT molecular complexity index is 284. The Morgan fingerprint density at radius 3 is 2.92 bits per heavy atom. The predicted octanol–water partition coefficient (Wildman–Crippen LogP) is 2.11. The van der Waals surface area contributed by atoms with Gasteiger partial charge in [-0.05, 0) is 11.6 Å². The molecule has 0 unspecified atom stereocenters.